The molecule has 0 aliphatic heterocycles. The number of hydrogen-bond donors (Lipinski definition) is 1. The molecule has 0 spiro atoms. The van der Waals surface area contributed by atoms with Gasteiger partial charge in [0, 0.05) is 22.0 Å². The summed E-state index contributed by atoms with van der Waals surface area (Å²) in [7, 11) is 0. The van der Waals surface area contributed by atoms with Gasteiger partial charge in [-0.1, -0.05) is 35.5 Å². The van der Waals surface area contributed by atoms with Crippen LogP contribution >= 0.6 is 22.9 Å². The molecular weight excluding hydrogens is 416 g/mol. The number of rotatable bonds is 6. The minimum Gasteiger partial charge on any atom is -0.351 e. The zero-order chi connectivity index (χ0) is 21.1. The number of amides is 2. The van der Waals surface area contributed by atoms with Gasteiger partial charge in [0.05, 0.1) is 0 Å². The summed E-state index contributed by atoms with van der Waals surface area (Å²) in [6.45, 7) is 3.98. The second-order valence-corrected chi connectivity index (χ2v) is 9.18. The lowest BCUT2D eigenvalue weighted by atomic mass is 10.0. The summed E-state index contributed by atoms with van der Waals surface area (Å²) in [5.74, 6) is -0.473. The van der Waals surface area contributed by atoms with E-state index in [0.29, 0.717) is 5.69 Å². The molecule has 1 aliphatic carbocycles. The number of carbonyl (C=O) groups excluding carboxylic acids is 2. The van der Waals surface area contributed by atoms with Gasteiger partial charge in [-0.2, -0.15) is 0 Å². The number of thiophene rings is 1. The van der Waals surface area contributed by atoms with Gasteiger partial charge in [-0.3, -0.25) is 14.5 Å². The molecule has 1 N–H and O–H groups in total. The zero-order valence-electron chi connectivity index (χ0n) is 17.0. The van der Waals surface area contributed by atoms with Gasteiger partial charge in [-0.25, -0.2) is 0 Å². The normalized spacial score (nSPS) is 15.1. The molecule has 1 fully saturated rings. The van der Waals surface area contributed by atoms with Gasteiger partial charge >= 0.3 is 0 Å². The molecule has 1 atom stereocenters. The molecule has 156 valence electrons. The Morgan fingerprint density at radius 1 is 1.17 bits per heavy atom. The highest BCUT2D eigenvalue weighted by Gasteiger charge is 2.37. The molecule has 6 nitrogen and oxygen atoms in total. The Morgan fingerprint density at radius 3 is 2.63 bits per heavy atom. The first kappa shape index (κ1) is 20.7. The monoisotopic (exact) mass is 440 g/mol. The van der Waals surface area contributed by atoms with E-state index in [2.05, 4.69) is 14.9 Å². The van der Waals surface area contributed by atoms with Crippen LogP contribution in [0.1, 0.15) is 58.2 Å². The van der Waals surface area contributed by atoms with Gasteiger partial charge in [-0.05, 0) is 66.9 Å². The van der Waals surface area contributed by atoms with Crippen molar-refractivity contribution in [2.24, 2.45) is 0 Å². The summed E-state index contributed by atoms with van der Waals surface area (Å²) in [5.41, 5.74) is 2.98. The molecule has 0 saturated heterocycles. The molecule has 3 aromatic rings. The van der Waals surface area contributed by atoms with Crippen molar-refractivity contribution in [3.05, 3.63) is 62.8 Å². The molecule has 2 aromatic heterocycles. The lowest BCUT2D eigenvalue weighted by molar-refractivity contribution is -0.123. The van der Waals surface area contributed by atoms with E-state index in [1.165, 1.54) is 11.3 Å². The summed E-state index contributed by atoms with van der Waals surface area (Å²) in [5, 5.41) is 10.7. The van der Waals surface area contributed by atoms with Gasteiger partial charge in [-0.15, -0.1) is 16.4 Å². The van der Waals surface area contributed by atoms with Crippen LogP contribution in [0.25, 0.3) is 0 Å². The van der Waals surface area contributed by atoms with Crippen molar-refractivity contribution < 1.29 is 9.59 Å². The van der Waals surface area contributed by atoms with Crippen LogP contribution in [0.2, 0.25) is 0 Å². The fourth-order valence-corrected chi connectivity index (χ4v) is 5.16. The van der Waals surface area contributed by atoms with E-state index >= 15 is 0 Å². The zero-order valence-corrected chi connectivity index (χ0v) is 18.6. The van der Waals surface area contributed by atoms with E-state index in [-0.39, 0.29) is 23.6 Å². The third-order valence-corrected chi connectivity index (χ3v) is 7.08. The van der Waals surface area contributed by atoms with E-state index < -0.39 is 6.04 Å². The molecule has 2 amide bonds. The molecule has 0 radical (unpaired) electrons. The highest BCUT2D eigenvalue weighted by molar-refractivity contribution is 7.10. The number of nitrogens with zero attached hydrogens (tertiary/aromatic N) is 3. The van der Waals surface area contributed by atoms with Crippen molar-refractivity contribution in [3.63, 3.8) is 0 Å². The van der Waals surface area contributed by atoms with Crippen LogP contribution in [-0.4, -0.2) is 27.4 Å². The number of nitrogens with one attached hydrogen (secondary N) is 1. The van der Waals surface area contributed by atoms with Crippen LogP contribution in [0.3, 0.4) is 0 Å². The predicted molar refractivity (Wildman–Crippen MR) is 120 cm³/mol. The summed E-state index contributed by atoms with van der Waals surface area (Å²) in [6, 6.07) is 9.03. The number of hydrogen-bond acceptors (Lipinski definition) is 6. The topological polar surface area (TPSA) is 75.2 Å². The van der Waals surface area contributed by atoms with Crippen molar-refractivity contribution in [1.29, 1.82) is 0 Å². The third-order valence-electron chi connectivity index (χ3n) is 5.65. The van der Waals surface area contributed by atoms with Gasteiger partial charge in [0.2, 0.25) is 5.91 Å². The number of benzene rings is 1. The van der Waals surface area contributed by atoms with E-state index in [0.717, 1.165) is 53.2 Å². The first-order valence-corrected chi connectivity index (χ1v) is 11.8. The van der Waals surface area contributed by atoms with Crippen LogP contribution in [0.4, 0.5) is 5.69 Å². The molecule has 1 saturated carbocycles. The summed E-state index contributed by atoms with van der Waals surface area (Å²) < 4.78 is 3.86. The molecule has 30 heavy (non-hydrogen) atoms. The first-order valence-electron chi connectivity index (χ1n) is 10.1. The lowest BCUT2D eigenvalue weighted by Gasteiger charge is -2.32. The number of aryl methyl sites for hydroxylation is 1. The van der Waals surface area contributed by atoms with Gasteiger partial charge in [0.15, 0.2) is 11.7 Å². The fraction of sp³-hybridized carbons (Fsp3) is 0.364. The predicted octanol–water partition coefficient (Wildman–Crippen LogP) is 4.66. The number of aromatic nitrogens is 2. The lowest BCUT2D eigenvalue weighted by Crippen LogP contribution is -2.46. The Morgan fingerprint density at radius 2 is 1.97 bits per heavy atom. The van der Waals surface area contributed by atoms with Crippen LogP contribution in [0.15, 0.2) is 41.1 Å². The Bertz CT molecular complexity index is 1010. The molecule has 0 bridgehead atoms. The van der Waals surface area contributed by atoms with Crippen LogP contribution in [-0.2, 0) is 4.79 Å². The maximum atomic E-state index is 13.6. The number of carbonyl (C=O) groups is 2. The highest BCUT2D eigenvalue weighted by atomic mass is 32.1. The molecule has 2 heterocycles. The Kier molecular flexibility index (Phi) is 6.24. The van der Waals surface area contributed by atoms with E-state index in [1.54, 1.807) is 10.3 Å². The van der Waals surface area contributed by atoms with Crippen molar-refractivity contribution in [2.45, 2.75) is 51.6 Å². The standard InChI is InChI=1S/C22H24N4O2S2/c1-14-7-5-10-18(15(14)2)26(22(28)17-13-30-25-24-17)20(19-11-6-12-29-19)21(27)23-16-8-3-4-9-16/h5-7,10-13,16,20H,3-4,8-9H2,1-2H3,(H,23,27)/t20-/m1/s1. The SMILES string of the molecule is Cc1cccc(N(C(=O)c2csnn2)[C@@H](C(=O)NC2CCCC2)c2cccs2)c1C. The quantitative estimate of drug-likeness (QED) is 0.605. The Labute approximate surface area is 184 Å². The second-order valence-electron chi connectivity index (χ2n) is 7.59. The van der Waals surface area contributed by atoms with E-state index in [9.17, 15) is 9.59 Å². The third kappa shape index (κ3) is 4.15. The molecule has 1 aliphatic rings. The molecule has 0 unspecified atom stereocenters. The highest BCUT2D eigenvalue weighted by Crippen LogP contribution is 2.35. The van der Waals surface area contributed by atoms with Crippen molar-refractivity contribution >= 4 is 40.4 Å². The minimum absolute atomic E-state index is 0.151. The molecule has 1 aromatic carbocycles. The summed E-state index contributed by atoms with van der Waals surface area (Å²) >= 11 is 2.60. The van der Waals surface area contributed by atoms with Crippen molar-refractivity contribution in [3.8, 4) is 0 Å². The number of anilines is 1. The maximum absolute atomic E-state index is 13.6. The second kappa shape index (κ2) is 9.06. The first-order chi connectivity index (χ1) is 14.6. The summed E-state index contributed by atoms with van der Waals surface area (Å²) in [6.07, 6.45) is 4.21. The van der Waals surface area contributed by atoms with Gasteiger partial charge in [0.1, 0.15) is 0 Å². The Hall–Kier alpha value is -2.58. The van der Waals surface area contributed by atoms with Crippen LogP contribution in [0.5, 0.6) is 0 Å². The van der Waals surface area contributed by atoms with Gasteiger partial charge < -0.3 is 5.32 Å². The minimum atomic E-state index is -0.764. The summed E-state index contributed by atoms with van der Waals surface area (Å²) in [4.78, 5) is 29.6. The average Bonchev–Trinajstić information content (AvgIpc) is 3.51. The fourth-order valence-electron chi connectivity index (χ4n) is 3.91. The molecule has 4 rings (SSSR count). The largest absolute Gasteiger partial charge is 0.351 e. The van der Waals surface area contributed by atoms with E-state index in [4.69, 9.17) is 0 Å². The molecule has 8 heteroatoms. The average molecular weight is 441 g/mol. The smallest absolute Gasteiger partial charge is 0.280 e. The van der Waals surface area contributed by atoms with Crippen molar-refractivity contribution in [1.82, 2.24) is 14.9 Å². The van der Waals surface area contributed by atoms with Crippen LogP contribution < -0.4 is 10.2 Å². The Balaban J connectivity index is 1.81. The maximum Gasteiger partial charge on any atom is 0.280 e. The van der Waals surface area contributed by atoms with Crippen LogP contribution in [0, 0.1) is 13.8 Å². The molecular formula is C22H24N4O2S2. The van der Waals surface area contributed by atoms with Gasteiger partial charge in [0.25, 0.3) is 5.91 Å². The van der Waals surface area contributed by atoms with Crippen molar-refractivity contribution in [2.75, 3.05) is 4.90 Å². The van der Waals surface area contributed by atoms with E-state index in [1.807, 2.05) is 49.6 Å².